The molecule has 0 bridgehead atoms. The molecule has 1 amide bonds. The summed E-state index contributed by atoms with van der Waals surface area (Å²) in [6.45, 7) is 6.57. The Kier molecular flexibility index (Phi) is 5.73. The summed E-state index contributed by atoms with van der Waals surface area (Å²) in [7, 11) is 0. The Labute approximate surface area is 96.8 Å². The fraction of sp³-hybridized carbons (Fsp3) is 0.909. The van der Waals surface area contributed by atoms with Gasteiger partial charge in [-0.15, -0.1) is 0 Å². The number of hydrogen-bond donors (Lipinski definition) is 2. The molecule has 1 fully saturated rings. The van der Waals surface area contributed by atoms with E-state index in [1.807, 2.05) is 13.8 Å². The van der Waals surface area contributed by atoms with Crippen LogP contribution in [0, 0.1) is 0 Å². The van der Waals surface area contributed by atoms with Crippen molar-refractivity contribution in [2.45, 2.75) is 32.4 Å². The number of carbonyl (C=O) groups excluding carboxylic acids is 1. The Bertz CT molecular complexity index is 215. The van der Waals surface area contributed by atoms with E-state index >= 15 is 0 Å². The molecule has 0 saturated carbocycles. The molecule has 1 saturated heterocycles. The van der Waals surface area contributed by atoms with Gasteiger partial charge in [0.2, 0.25) is 5.91 Å². The van der Waals surface area contributed by atoms with Crippen LogP contribution in [0.1, 0.15) is 20.3 Å². The van der Waals surface area contributed by atoms with Crippen molar-refractivity contribution < 1.29 is 14.6 Å². The van der Waals surface area contributed by atoms with Crippen LogP contribution in [0.15, 0.2) is 0 Å². The van der Waals surface area contributed by atoms with Crippen LogP contribution in [0.4, 0.5) is 0 Å². The van der Waals surface area contributed by atoms with E-state index in [4.69, 9.17) is 9.84 Å². The third-order valence-electron chi connectivity index (χ3n) is 2.69. The molecule has 0 aromatic heterocycles. The van der Waals surface area contributed by atoms with Crippen LogP contribution in [0.2, 0.25) is 0 Å². The first-order valence-corrected chi connectivity index (χ1v) is 5.87. The Morgan fingerprint density at radius 3 is 2.88 bits per heavy atom. The lowest BCUT2D eigenvalue weighted by Crippen LogP contribution is -2.45. The Balaban J connectivity index is 2.40. The normalized spacial score (nSPS) is 21.1. The van der Waals surface area contributed by atoms with Gasteiger partial charge in [-0.05, 0) is 13.8 Å². The van der Waals surface area contributed by atoms with Gasteiger partial charge in [0.1, 0.15) is 0 Å². The zero-order valence-electron chi connectivity index (χ0n) is 10.1. The molecule has 0 aromatic carbocycles. The molecule has 1 rings (SSSR count). The molecule has 1 aliphatic rings. The fourth-order valence-electron chi connectivity index (χ4n) is 1.84. The summed E-state index contributed by atoms with van der Waals surface area (Å²) in [6.07, 6.45) is 0.367. The molecule has 1 heterocycles. The summed E-state index contributed by atoms with van der Waals surface area (Å²) in [6, 6.07) is 0.121. The number of ether oxygens (including phenoxy) is 1. The highest BCUT2D eigenvalue weighted by Crippen LogP contribution is 2.07. The van der Waals surface area contributed by atoms with Crippen LogP contribution < -0.4 is 5.32 Å². The maximum atomic E-state index is 11.9. The smallest absolute Gasteiger partial charge is 0.225 e. The van der Waals surface area contributed by atoms with E-state index in [1.54, 1.807) is 4.90 Å². The Hall–Kier alpha value is -0.650. The van der Waals surface area contributed by atoms with Gasteiger partial charge in [0, 0.05) is 25.7 Å². The largest absolute Gasteiger partial charge is 0.395 e. The van der Waals surface area contributed by atoms with Crippen LogP contribution in [-0.2, 0) is 9.53 Å². The van der Waals surface area contributed by atoms with Gasteiger partial charge >= 0.3 is 0 Å². The lowest BCUT2D eigenvalue weighted by Gasteiger charge is -2.29. The second-order valence-electron chi connectivity index (χ2n) is 4.31. The lowest BCUT2D eigenvalue weighted by atomic mass is 10.2. The van der Waals surface area contributed by atoms with Gasteiger partial charge in [-0.3, -0.25) is 4.79 Å². The first kappa shape index (κ1) is 13.4. The van der Waals surface area contributed by atoms with Crippen molar-refractivity contribution in [3.63, 3.8) is 0 Å². The maximum Gasteiger partial charge on any atom is 0.225 e. The van der Waals surface area contributed by atoms with Crippen LogP contribution in [0.25, 0.3) is 0 Å². The maximum absolute atomic E-state index is 11.9. The molecular formula is C11H22N2O3. The minimum atomic E-state index is -0.0267. The fourth-order valence-corrected chi connectivity index (χ4v) is 1.84. The van der Waals surface area contributed by atoms with Crippen molar-refractivity contribution in [2.24, 2.45) is 0 Å². The number of morpholine rings is 1. The van der Waals surface area contributed by atoms with E-state index in [2.05, 4.69) is 5.32 Å². The van der Waals surface area contributed by atoms with E-state index in [0.717, 1.165) is 13.1 Å². The number of amides is 1. The van der Waals surface area contributed by atoms with Gasteiger partial charge in [-0.1, -0.05) is 0 Å². The van der Waals surface area contributed by atoms with E-state index in [-0.39, 0.29) is 24.7 Å². The molecule has 94 valence electrons. The molecule has 1 atom stereocenters. The van der Waals surface area contributed by atoms with Crippen molar-refractivity contribution >= 4 is 5.91 Å². The average Bonchev–Trinajstić information content (AvgIpc) is 2.26. The monoisotopic (exact) mass is 230 g/mol. The standard InChI is InChI=1S/C11H22N2O3/c1-9(2)13(4-5-14)11(15)7-10-8-12-3-6-16-10/h9-10,12,14H,3-8H2,1-2H3. The van der Waals surface area contributed by atoms with E-state index in [9.17, 15) is 4.79 Å². The third-order valence-corrected chi connectivity index (χ3v) is 2.69. The zero-order chi connectivity index (χ0) is 12.0. The summed E-state index contributed by atoms with van der Waals surface area (Å²) >= 11 is 0. The summed E-state index contributed by atoms with van der Waals surface area (Å²) in [5.41, 5.74) is 0. The molecule has 0 aliphatic carbocycles. The van der Waals surface area contributed by atoms with Gasteiger partial charge < -0.3 is 20.1 Å². The Morgan fingerprint density at radius 1 is 1.62 bits per heavy atom. The molecule has 0 spiro atoms. The topological polar surface area (TPSA) is 61.8 Å². The zero-order valence-corrected chi connectivity index (χ0v) is 10.1. The molecule has 1 aliphatic heterocycles. The average molecular weight is 230 g/mol. The third kappa shape index (κ3) is 4.08. The number of carbonyl (C=O) groups is 1. The lowest BCUT2D eigenvalue weighted by molar-refractivity contribution is -0.137. The van der Waals surface area contributed by atoms with E-state index < -0.39 is 0 Å². The van der Waals surface area contributed by atoms with Crippen molar-refractivity contribution in [3.8, 4) is 0 Å². The van der Waals surface area contributed by atoms with Gasteiger partial charge in [-0.2, -0.15) is 0 Å². The number of aliphatic hydroxyl groups is 1. The summed E-state index contributed by atoms with van der Waals surface area (Å²) in [5.74, 6) is 0.0535. The van der Waals surface area contributed by atoms with Crippen LogP contribution in [0.5, 0.6) is 0 Å². The van der Waals surface area contributed by atoms with Crippen LogP contribution >= 0.6 is 0 Å². The van der Waals surface area contributed by atoms with Gasteiger partial charge in [0.15, 0.2) is 0 Å². The number of aliphatic hydroxyl groups excluding tert-OH is 1. The molecule has 2 N–H and O–H groups in total. The first-order valence-electron chi connectivity index (χ1n) is 5.87. The Morgan fingerprint density at radius 2 is 2.38 bits per heavy atom. The molecule has 1 unspecified atom stereocenters. The van der Waals surface area contributed by atoms with Crippen molar-refractivity contribution in [1.82, 2.24) is 10.2 Å². The SMILES string of the molecule is CC(C)N(CCO)C(=O)CC1CNCCO1. The van der Waals surface area contributed by atoms with Gasteiger partial charge in [0.05, 0.1) is 25.7 Å². The number of hydrogen-bond acceptors (Lipinski definition) is 4. The minimum absolute atomic E-state index is 0.00763. The molecule has 0 aromatic rings. The number of nitrogens with one attached hydrogen (secondary N) is 1. The quantitative estimate of drug-likeness (QED) is 0.674. The highest BCUT2D eigenvalue weighted by Gasteiger charge is 2.22. The number of nitrogens with zero attached hydrogens (tertiary/aromatic N) is 1. The molecule has 16 heavy (non-hydrogen) atoms. The van der Waals surface area contributed by atoms with Crippen LogP contribution in [0.3, 0.4) is 0 Å². The molecular weight excluding hydrogens is 208 g/mol. The molecule has 0 radical (unpaired) electrons. The minimum Gasteiger partial charge on any atom is -0.395 e. The highest BCUT2D eigenvalue weighted by molar-refractivity contribution is 5.77. The summed E-state index contributed by atoms with van der Waals surface area (Å²) in [4.78, 5) is 13.6. The second kappa shape index (κ2) is 6.83. The van der Waals surface area contributed by atoms with Crippen molar-refractivity contribution in [2.75, 3.05) is 32.8 Å². The summed E-state index contributed by atoms with van der Waals surface area (Å²) < 4.78 is 5.48. The van der Waals surface area contributed by atoms with E-state index in [0.29, 0.717) is 19.6 Å². The highest BCUT2D eigenvalue weighted by atomic mass is 16.5. The first-order chi connectivity index (χ1) is 7.65. The molecule has 5 nitrogen and oxygen atoms in total. The van der Waals surface area contributed by atoms with E-state index in [1.165, 1.54) is 0 Å². The molecule has 5 heteroatoms. The van der Waals surface area contributed by atoms with Gasteiger partial charge in [-0.25, -0.2) is 0 Å². The van der Waals surface area contributed by atoms with Crippen molar-refractivity contribution in [1.29, 1.82) is 0 Å². The van der Waals surface area contributed by atoms with Crippen molar-refractivity contribution in [3.05, 3.63) is 0 Å². The van der Waals surface area contributed by atoms with Gasteiger partial charge in [0.25, 0.3) is 0 Å². The summed E-state index contributed by atoms with van der Waals surface area (Å²) in [5, 5.41) is 12.1. The predicted molar refractivity (Wildman–Crippen MR) is 61.2 cm³/mol. The number of rotatable bonds is 5. The van der Waals surface area contributed by atoms with Crippen LogP contribution in [-0.4, -0.2) is 60.9 Å². The predicted octanol–water partition coefficient (Wildman–Crippen LogP) is -0.406. The second-order valence-corrected chi connectivity index (χ2v) is 4.31.